The van der Waals surface area contributed by atoms with Crippen LogP contribution in [-0.4, -0.2) is 35.1 Å². The second-order valence-corrected chi connectivity index (χ2v) is 6.67. The van der Waals surface area contributed by atoms with E-state index in [1.54, 1.807) is 19.2 Å². The van der Waals surface area contributed by atoms with Gasteiger partial charge in [-0.2, -0.15) is 0 Å². The number of halogens is 2. The summed E-state index contributed by atoms with van der Waals surface area (Å²) in [7, 11) is 1.66. The molecule has 1 fully saturated rings. The Morgan fingerprint density at radius 1 is 1.27 bits per heavy atom. The predicted molar refractivity (Wildman–Crippen MR) is 101 cm³/mol. The number of aromatic nitrogens is 2. The molecule has 2 heterocycles. The monoisotopic (exact) mass is 372 g/mol. The summed E-state index contributed by atoms with van der Waals surface area (Å²) >= 11 is 5.87. The quantitative estimate of drug-likeness (QED) is 0.720. The minimum Gasteiger partial charge on any atom is -0.496 e. The zero-order chi connectivity index (χ0) is 18.1. The van der Waals surface area contributed by atoms with Crippen LogP contribution in [-0.2, 0) is 6.54 Å². The Kier molecular flexibility index (Phi) is 4.61. The molecule has 1 aliphatic rings. The van der Waals surface area contributed by atoms with Gasteiger partial charge >= 0.3 is 0 Å². The van der Waals surface area contributed by atoms with Crippen molar-refractivity contribution in [1.29, 1.82) is 0 Å². The molecule has 0 spiro atoms. The lowest BCUT2D eigenvalue weighted by Gasteiger charge is -2.31. The fourth-order valence-corrected chi connectivity index (χ4v) is 3.23. The number of likely N-dealkylation sites (tertiary alicyclic amines) is 1. The van der Waals surface area contributed by atoms with E-state index in [9.17, 15) is 4.39 Å². The van der Waals surface area contributed by atoms with E-state index >= 15 is 0 Å². The van der Waals surface area contributed by atoms with E-state index in [0.29, 0.717) is 5.82 Å². The maximum absolute atomic E-state index is 14.2. The highest BCUT2D eigenvalue weighted by Gasteiger charge is 2.18. The van der Waals surface area contributed by atoms with Crippen molar-refractivity contribution >= 4 is 34.0 Å². The van der Waals surface area contributed by atoms with Crippen molar-refractivity contribution in [2.75, 3.05) is 25.5 Å². The summed E-state index contributed by atoms with van der Waals surface area (Å²) in [5, 5.41) is 3.91. The van der Waals surface area contributed by atoms with E-state index < -0.39 is 5.82 Å². The maximum atomic E-state index is 14.2. The maximum Gasteiger partial charge on any atom is 0.165 e. The molecule has 7 heteroatoms. The number of ether oxygens (including phenoxy) is 1. The Hall–Kier alpha value is -2.44. The van der Waals surface area contributed by atoms with Crippen molar-refractivity contribution in [2.45, 2.75) is 13.0 Å². The third kappa shape index (κ3) is 3.18. The zero-order valence-electron chi connectivity index (χ0n) is 14.3. The topological polar surface area (TPSA) is 50.3 Å². The van der Waals surface area contributed by atoms with Crippen LogP contribution in [0, 0.1) is 5.82 Å². The average Bonchev–Trinajstić information content (AvgIpc) is 2.61. The summed E-state index contributed by atoms with van der Waals surface area (Å²) < 4.78 is 19.8. The second-order valence-electron chi connectivity index (χ2n) is 6.26. The van der Waals surface area contributed by atoms with Crippen LogP contribution in [0.2, 0.25) is 5.02 Å². The van der Waals surface area contributed by atoms with Gasteiger partial charge in [0.05, 0.1) is 23.3 Å². The van der Waals surface area contributed by atoms with Crippen molar-refractivity contribution in [3.63, 3.8) is 0 Å². The molecule has 0 atom stereocenters. The van der Waals surface area contributed by atoms with Crippen LogP contribution in [0.25, 0.3) is 10.9 Å². The van der Waals surface area contributed by atoms with Crippen LogP contribution in [0.4, 0.5) is 15.9 Å². The number of methoxy groups -OCH3 is 1. The van der Waals surface area contributed by atoms with E-state index in [2.05, 4.69) is 20.2 Å². The Bertz CT molecular complexity index is 962. The van der Waals surface area contributed by atoms with Crippen molar-refractivity contribution in [1.82, 2.24) is 14.9 Å². The third-order valence-electron chi connectivity index (χ3n) is 4.58. The zero-order valence-corrected chi connectivity index (χ0v) is 15.1. The summed E-state index contributed by atoms with van der Waals surface area (Å²) in [6, 6.07) is 8.73. The standard InChI is InChI=1S/C19H18ClFN4O/c1-26-17-9-16-13(8-12(17)10-25-6-3-7-25)19(23-11-22-16)24-15-5-2-4-14(20)18(15)21/h2,4-5,8-9,11H,3,6-7,10H2,1H3,(H,22,23,24). The lowest BCUT2D eigenvalue weighted by Crippen LogP contribution is -2.36. The van der Waals surface area contributed by atoms with Gasteiger partial charge in [-0.1, -0.05) is 17.7 Å². The van der Waals surface area contributed by atoms with Crippen LogP contribution in [0.3, 0.4) is 0 Å². The summed E-state index contributed by atoms with van der Waals surface area (Å²) in [6.07, 6.45) is 2.67. The van der Waals surface area contributed by atoms with E-state index in [1.165, 1.54) is 18.8 Å². The van der Waals surface area contributed by atoms with E-state index in [0.717, 1.165) is 41.9 Å². The lowest BCUT2D eigenvalue weighted by molar-refractivity contribution is 0.171. The van der Waals surface area contributed by atoms with Crippen molar-refractivity contribution in [3.8, 4) is 5.75 Å². The first-order valence-electron chi connectivity index (χ1n) is 8.40. The highest BCUT2D eigenvalue weighted by Crippen LogP contribution is 2.32. The summed E-state index contributed by atoms with van der Waals surface area (Å²) in [5.41, 5.74) is 2.07. The Morgan fingerprint density at radius 2 is 2.12 bits per heavy atom. The molecule has 0 saturated carbocycles. The minimum absolute atomic E-state index is 0.0634. The van der Waals surface area contributed by atoms with Gasteiger partial charge in [0.25, 0.3) is 0 Å². The average molecular weight is 373 g/mol. The molecule has 0 amide bonds. The molecule has 0 bridgehead atoms. The van der Waals surface area contributed by atoms with Gasteiger partial charge in [-0.3, -0.25) is 4.90 Å². The molecule has 1 aromatic heterocycles. The summed E-state index contributed by atoms with van der Waals surface area (Å²) in [5.74, 6) is 0.821. The molecule has 1 N–H and O–H groups in total. The first-order valence-corrected chi connectivity index (χ1v) is 8.78. The van der Waals surface area contributed by atoms with Gasteiger partial charge in [0.1, 0.15) is 17.9 Å². The molecule has 2 aromatic carbocycles. The molecule has 0 radical (unpaired) electrons. The molecule has 4 rings (SSSR count). The smallest absolute Gasteiger partial charge is 0.165 e. The Balaban J connectivity index is 1.76. The van der Waals surface area contributed by atoms with Gasteiger partial charge in [-0.25, -0.2) is 14.4 Å². The fourth-order valence-electron chi connectivity index (χ4n) is 3.05. The molecule has 1 aliphatic heterocycles. The van der Waals surface area contributed by atoms with E-state index in [1.807, 2.05) is 12.1 Å². The normalized spacial score (nSPS) is 14.3. The number of rotatable bonds is 5. The molecular weight excluding hydrogens is 355 g/mol. The molecule has 0 unspecified atom stereocenters. The molecule has 5 nitrogen and oxygen atoms in total. The van der Waals surface area contributed by atoms with Crippen LogP contribution >= 0.6 is 11.6 Å². The SMILES string of the molecule is COc1cc2ncnc(Nc3cccc(Cl)c3F)c2cc1CN1CCC1. The summed E-state index contributed by atoms with van der Waals surface area (Å²) in [6.45, 7) is 2.98. The summed E-state index contributed by atoms with van der Waals surface area (Å²) in [4.78, 5) is 11.0. The molecule has 0 aliphatic carbocycles. The van der Waals surface area contributed by atoms with Crippen molar-refractivity contribution in [3.05, 3.63) is 53.1 Å². The Labute approximate surface area is 155 Å². The van der Waals surface area contributed by atoms with Crippen LogP contribution in [0.5, 0.6) is 5.75 Å². The molecule has 26 heavy (non-hydrogen) atoms. The van der Waals surface area contributed by atoms with Gasteiger partial charge < -0.3 is 10.1 Å². The van der Waals surface area contributed by atoms with E-state index in [-0.39, 0.29) is 10.7 Å². The van der Waals surface area contributed by atoms with Crippen LogP contribution in [0.1, 0.15) is 12.0 Å². The molecular formula is C19H18ClFN4O. The van der Waals surface area contributed by atoms with E-state index in [4.69, 9.17) is 16.3 Å². The number of hydrogen-bond donors (Lipinski definition) is 1. The number of anilines is 2. The third-order valence-corrected chi connectivity index (χ3v) is 4.88. The first kappa shape index (κ1) is 17.0. The molecule has 1 saturated heterocycles. The predicted octanol–water partition coefficient (Wildman–Crippen LogP) is 4.38. The van der Waals surface area contributed by atoms with Crippen molar-refractivity contribution < 1.29 is 9.13 Å². The van der Waals surface area contributed by atoms with Gasteiger partial charge in [-0.15, -0.1) is 0 Å². The first-order chi connectivity index (χ1) is 12.7. The van der Waals surface area contributed by atoms with Crippen molar-refractivity contribution in [2.24, 2.45) is 0 Å². The number of nitrogens with zero attached hydrogens (tertiary/aromatic N) is 3. The van der Waals surface area contributed by atoms with Gasteiger partial charge in [-0.05, 0) is 37.7 Å². The number of benzene rings is 2. The van der Waals surface area contributed by atoms with Crippen LogP contribution in [0.15, 0.2) is 36.7 Å². The van der Waals surface area contributed by atoms with Gasteiger partial charge in [0, 0.05) is 23.6 Å². The lowest BCUT2D eigenvalue weighted by atomic mass is 10.1. The van der Waals surface area contributed by atoms with Crippen LogP contribution < -0.4 is 10.1 Å². The number of hydrogen-bond acceptors (Lipinski definition) is 5. The van der Waals surface area contributed by atoms with Gasteiger partial charge in [0.15, 0.2) is 5.82 Å². The largest absolute Gasteiger partial charge is 0.496 e. The Morgan fingerprint density at radius 3 is 2.85 bits per heavy atom. The number of nitrogens with one attached hydrogen (secondary N) is 1. The fraction of sp³-hybridized carbons (Fsp3) is 0.263. The van der Waals surface area contributed by atoms with Gasteiger partial charge in [0.2, 0.25) is 0 Å². The second kappa shape index (κ2) is 7.05. The number of fused-ring (bicyclic) bond motifs is 1. The molecule has 3 aromatic rings. The molecule has 134 valence electrons. The highest BCUT2D eigenvalue weighted by molar-refractivity contribution is 6.31. The minimum atomic E-state index is -0.504. The highest BCUT2D eigenvalue weighted by atomic mass is 35.5.